The van der Waals surface area contributed by atoms with Crippen LogP contribution in [0, 0.1) is 5.92 Å². The second-order valence-corrected chi connectivity index (χ2v) is 6.34. The summed E-state index contributed by atoms with van der Waals surface area (Å²) in [6.45, 7) is 2.29. The lowest BCUT2D eigenvalue weighted by Crippen LogP contribution is -2.16. The van der Waals surface area contributed by atoms with Crippen LogP contribution in [0.5, 0.6) is 0 Å². The lowest BCUT2D eigenvalue weighted by Gasteiger charge is -2.27. The van der Waals surface area contributed by atoms with Gasteiger partial charge in [-0.25, -0.2) is 9.97 Å². The summed E-state index contributed by atoms with van der Waals surface area (Å²) < 4.78 is 0. The summed E-state index contributed by atoms with van der Waals surface area (Å²) in [5.41, 5.74) is 1.80. The maximum atomic E-state index is 12.0. The standard InChI is InChI=1S/C17H24N2O/c1-2-12-7-9-13(10-8-12)17-18-11-14-15(19-17)5-3-4-6-16(14)20/h11-13H,2-10H2,1H3. The molecule has 3 rings (SSSR count). The Hall–Kier alpha value is -1.25. The Labute approximate surface area is 121 Å². The van der Waals surface area contributed by atoms with E-state index in [1.54, 1.807) is 6.20 Å². The number of aromatic nitrogens is 2. The van der Waals surface area contributed by atoms with E-state index in [4.69, 9.17) is 4.98 Å². The molecule has 0 unspecified atom stereocenters. The normalized spacial score (nSPS) is 26.9. The number of ketones is 1. The molecule has 2 aliphatic carbocycles. The first-order valence-electron chi connectivity index (χ1n) is 8.17. The number of fused-ring (bicyclic) bond motifs is 1. The van der Waals surface area contributed by atoms with E-state index in [0.717, 1.165) is 42.3 Å². The highest BCUT2D eigenvalue weighted by Gasteiger charge is 2.25. The number of hydrogen-bond acceptors (Lipinski definition) is 3. The molecule has 1 saturated carbocycles. The Bertz CT molecular complexity index is 490. The van der Waals surface area contributed by atoms with Crippen molar-refractivity contribution < 1.29 is 4.79 Å². The van der Waals surface area contributed by atoms with Crippen molar-refractivity contribution in [3.05, 3.63) is 23.3 Å². The number of aryl methyl sites for hydroxylation is 1. The zero-order valence-corrected chi connectivity index (χ0v) is 12.4. The van der Waals surface area contributed by atoms with Gasteiger partial charge in [0.1, 0.15) is 5.82 Å². The smallest absolute Gasteiger partial charge is 0.166 e. The molecule has 3 heteroatoms. The highest BCUT2D eigenvalue weighted by Crippen LogP contribution is 2.35. The maximum Gasteiger partial charge on any atom is 0.166 e. The first kappa shape index (κ1) is 13.7. The molecule has 1 fully saturated rings. The van der Waals surface area contributed by atoms with Gasteiger partial charge < -0.3 is 0 Å². The van der Waals surface area contributed by atoms with E-state index >= 15 is 0 Å². The predicted molar refractivity (Wildman–Crippen MR) is 78.9 cm³/mol. The Kier molecular flexibility index (Phi) is 4.13. The van der Waals surface area contributed by atoms with Crippen LogP contribution in [0.25, 0.3) is 0 Å². The number of nitrogens with zero attached hydrogens (tertiary/aromatic N) is 2. The van der Waals surface area contributed by atoms with Gasteiger partial charge in [-0.1, -0.05) is 13.3 Å². The van der Waals surface area contributed by atoms with Crippen molar-refractivity contribution in [3.63, 3.8) is 0 Å². The molecular formula is C17H24N2O. The van der Waals surface area contributed by atoms with Crippen molar-refractivity contribution in [2.75, 3.05) is 0 Å². The maximum absolute atomic E-state index is 12.0. The zero-order chi connectivity index (χ0) is 13.9. The molecule has 1 aromatic heterocycles. The Morgan fingerprint density at radius 3 is 2.65 bits per heavy atom. The van der Waals surface area contributed by atoms with Gasteiger partial charge in [0.05, 0.1) is 11.3 Å². The molecule has 0 amide bonds. The van der Waals surface area contributed by atoms with Crippen LogP contribution >= 0.6 is 0 Å². The minimum atomic E-state index is 0.235. The van der Waals surface area contributed by atoms with Crippen LogP contribution in [0.3, 0.4) is 0 Å². The summed E-state index contributed by atoms with van der Waals surface area (Å²) in [5, 5.41) is 0. The molecule has 0 radical (unpaired) electrons. The second-order valence-electron chi connectivity index (χ2n) is 6.34. The van der Waals surface area contributed by atoms with Crippen LogP contribution in [0.15, 0.2) is 6.20 Å². The molecular weight excluding hydrogens is 248 g/mol. The largest absolute Gasteiger partial charge is 0.294 e. The predicted octanol–water partition coefficient (Wildman–Crippen LogP) is 4.07. The zero-order valence-electron chi connectivity index (χ0n) is 12.4. The van der Waals surface area contributed by atoms with E-state index < -0.39 is 0 Å². The topological polar surface area (TPSA) is 42.9 Å². The summed E-state index contributed by atoms with van der Waals surface area (Å²) in [4.78, 5) is 21.3. The van der Waals surface area contributed by atoms with Crippen LogP contribution in [-0.4, -0.2) is 15.8 Å². The molecule has 108 valence electrons. The second kappa shape index (κ2) is 6.02. The van der Waals surface area contributed by atoms with Crippen LogP contribution < -0.4 is 0 Å². The summed E-state index contributed by atoms with van der Waals surface area (Å²) in [7, 11) is 0. The van der Waals surface area contributed by atoms with Crippen LogP contribution in [-0.2, 0) is 6.42 Å². The van der Waals surface area contributed by atoms with Gasteiger partial charge in [0, 0.05) is 18.5 Å². The van der Waals surface area contributed by atoms with Crippen molar-refractivity contribution in [2.45, 2.75) is 70.6 Å². The minimum absolute atomic E-state index is 0.235. The van der Waals surface area contributed by atoms with Crippen molar-refractivity contribution in [1.82, 2.24) is 9.97 Å². The molecule has 1 aromatic rings. The quantitative estimate of drug-likeness (QED) is 0.762. The summed E-state index contributed by atoms with van der Waals surface area (Å²) >= 11 is 0. The van der Waals surface area contributed by atoms with Gasteiger partial charge in [0.15, 0.2) is 5.78 Å². The van der Waals surface area contributed by atoms with E-state index in [9.17, 15) is 4.79 Å². The molecule has 0 saturated heterocycles. The molecule has 0 aliphatic heterocycles. The lowest BCUT2D eigenvalue weighted by molar-refractivity contribution is 0.0981. The number of Topliss-reactive ketones (excluding diaryl/α,β-unsaturated/α-hetero) is 1. The molecule has 0 N–H and O–H groups in total. The summed E-state index contributed by atoms with van der Waals surface area (Å²) in [6.07, 6.45) is 11.8. The van der Waals surface area contributed by atoms with Gasteiger partial charge in [-0.3, -0.25) is 4.79 Å². The highest BCUT2D eigenvalue weighted by atomic mass is 16.1. The van der Waals surface area contributed by atoms with Crippen molar-refractivity contribution in [3.8, 4) is 0 Å². The Morgan fingerprint density at radius 1 is 1.15 bits per heavy atom. The molecule has 2 aliphatic rings. The fourth-order valence-corrected chi connectivity index (χ4v) is 3.59. The lowest BCUT2D eigenvalue weighted by atomic mass is 9.80. The third-order valence-corrected chi connectivity index (χ3v) is 5.04. The molecule has 0 aromatic carbocycles. The van der Waals surface area contributed by atoms with Gasteiger partial charge in [-0.15, -0.1) is 0 Å². The average Bonchev–Trinajstić information content (AvgIpc) is 2.69. The van der Waals surface area contributed by atoms with E-state index in [2.05, 4.69) is 11.9 Å². The highest BCUT2D eigenvalue weighted by molar-refractivity contribution is 5.97. The van der Waals surface area contributed by atoms with Gasteiger partial charge in [-0.2, -0.15) is 0 Å². The Balaban J connectivity index is 1.78. The van der Waals surface area contributed by atoms with Gasteiger partial charge >= 0.3 is 0 Å². The molecule has 1 heterocycles. The van der Waals surface area contributed by atoms with Crippen LogP contribution in [0.2, 0.25) is 0 Å². The molecule has 0 spiro atoms. The van der Waals surface area contributed by atoms with Gasteiger partial charge in [0.25, 0.3) is 0 Å². The fraction of sp³-hybridized carbons (Fsp3) is 0.706. The monoisotopic (exact) mass is 272 g/mol. The van der Waals surface area contributed by atoms with E-state index in [1.165, 1.54) is 32.1 Å². The van der Waals surface area contributed by atoms with E-state index in [0.29, 0.717) is 12.3 Å². The summed E-state index contributed by atoms with van der Waals surface area (Å²) in [5.74, 6) is 2.64. The third kappa shape index (κ3) is 2.77. The molecule has 0 atom stereocenters. The van der Waals surface area contributed by atoms with Gasteiger partial charge in [0.2, 0.25) is 0 Å². The fourth-order valence-electron chi connectivity index (χ4n) is 3.59. The number of carbonyl (C=O) groups excluding carboxylic acids is 1. The van der Waals surface area contributed by atoms with Crippen molar-refractivity contribution >= 4 is 5.78 Å². The van der Waals surface area contributed by atoms with E-state index in [-0.39, 0.29) is 5.78 Å². The van der Waals surface area contributed by atoms with E-state index in [1.807, 2.05) is 0 Å². The molecule has 3 nitrogen and oxygen atoms in total. The van der Waals surface area contributed by atoms with Crippen LogP contribution in [0.4, 0.5) is 0 Å². The Morgan fingerprint density at radius 2 is 1.90 bits per heavy atom. The SMILES string of the molecule is CCC1CCC(c2ncc3c(n2)CCCCC3=O)CC1. The van der Waals surface area contributed by atoms with Crippen molar-refractivity contribution in [2.24, 2.45) is 5.92 Å². The third-order valence-electron chi connectivity index (χ3n) is 5.04. The number of rotatable bonds is 2. The number of hydrogen-bond donors (Lipinski definition) is 0. The van der Waals surface area contributed by atoms with Gasteiger partial charge in [-0.05, 0) is 50.9 Å². The van der Waals surface area contributed by atoms with Crippen LogP contribution in [0.1, 0.15) is 86.1 Å². The number of carbonyl (C=O) groups is 1. The summed E-state index contributed by atoms with van der Waals surface area (Å²) in [6, 6.07) is 0. The average molecular weight is 272 g/mol. The molecule has 20 heavy (non-hydrogen) atoms. The van der Waals surface area contributed by atoms with Crippen molar-refractivity contribution in [1.29, 1.82) is 0 Å². The minimum Gasteiger partial charge on any atom is -0.294 e. The molecule has 0 bridgehead atoms. The first-order chi connectivity index (χ1) is 9.78. The first-order valence-corrected chi connectivity index (χ1v) is 8.17.